The Balaban J connectivity index is 2.52. The lowest BCUT2D eigenvalue weighted by Gasteiger charge is -2.36. The fourth-order valence-electron chi connectivity index (χ4n) is 3.09. The highest BCUT2D eigenvalue weighted by atomic mass is 28.4. The molecule has 0 aliphatic heterocycles. The van der Waals surface area contributed by atoms with Gasteiger partial charge in [-0.2, -0.15) is 0 Å². The average Bonchev–Trinajstić information content (AvgIpc) is 2.64. The Labute approximate surface area is 183 Å². The molecule has 0 saturated carbocycles. The molecule has 2 rings (SSSR count). The van der Waals surface area contributed by atoms with Gasteiger partial charge in [-0.1, -0.05) is 66.7 Å². The monoisotopic (exact) mass is 430 g/mol. The van der Waals surface area contributed by atoms with E-state index in [2.05, 4.69) is 73.7 Å². The molecule has 2 aromatic carbocycles. The van der Waals surface area contributed by atoms with Crippen LogP contribution in [0.1, 0.15) is 65.5 Å². The lowest BCUT2D eigenvalue weighted by atomic mass is 9.75. The van der Waals surface area contributed by atoms with Gasteiger partial charge in [0.25, 0.3) is 0 Å². The van der Waals surface area contributed by atoms with Crippen molar-refractivity contribution < 1.29 is 13.6 Å². The van der Waals surface area contributed by atoms with Gasteiger partial charge in [0.1, 0.15) is 11.6 Å². The van der Waals surface area contributed by atoms with E-state index >= 15 is 0 Å². The summed E-state index contributed by atoms with van der Waals surface area (Å²) in [6.07, 6.45) is 0. The Morgan fingerprint density at radius 3 is 2.10 bits per heavy atom. The number of hydrogen-bond donors (Lipinski definition) is 0. The fraction of sp³-hybridized carbons (Fsp3) is 0.538. The lowest BCUT2D eigenvalue weighted by Crippen LogP contribution is -2.40. The minimum atomic E-state index is -1.84. The van der Waals surface area contributed by atoms with Gasteiger partial charge in [0.05, 0.1) is 13.7 Å². The summed E-state index contributed by atoms with van der Waals surface area (Å²) in [7, 11) is -0.236. The second-order valence-electron chi connectivity index (χ2n) is 10.9. The SMILES string of the molecule is COc1ccc(F)c(-c2ccc(CO[Si](C)(C)C(C)(C)C)cc2C(C)C(C)(C)C)c1. The van der Waals surface area contributed by atoms with Crippen LogP contribution < -0.4 is 4.74 Å². The number of hydrogen-bond acceptors (Lipinski definition) is 2. The van der Waals surface area contributed by atoms with E-state index in [1.165, 1.54) is 6.07 Å². The highest BCUT2D eigenvalue weighted by molar-refractivity contribution is 6.74. The van der Waals surface area contributed by atoms with Crippen LogP contribution >= 0.6 is 0 Å². The summed E-state index contributed by atoms with van der Waals surface area (Å²) in [5.74, 6) is 0.667. The molecule has 0 spiro atoms. The number of rotatable bonds is 6. The molecular weight excluding hydrogens is 391 g/mol. The zero-order valence-corrected chi connectivity index (χ0v) is 21.4. The van der Waals surface area contributed by atoms with Crippen molar-refractivity contribution in [3.63, 3.8) is 0 Å². The van der Waals surface area contributed by atoms with Crippen LogP contribution in [0.4, 0.5) is 4.39 Å². The van der Waals surface area contributed by atoms with Crippen LogP contribution in [0.5, 0.6) is 5.75 Å². The van der Waals surface area contributed by atoms with E-state index < -0.39 is 8.32 Å². The molecule has 0 aliphatic rings. The third-order valence-electron chi connectivity index (χ3n) is 6.75. The Kier molecular flexibility index (Phi) is 7.25. The first-order valence-corrected chi connectivity index (χ1v) is 13.7. The molecule has 0 radical (unpaired) electrons. The molecular formula is C26H39FO2Si. The van der Waals surface area contributed by atoms with Crippen LogP contribution in [0.2, 0.25) is 18.1 Å². The molecule has 166 valence electrons. The van der Waals surface area contributed by atoms with Crippen molar-refractivity contribution >= 4 is 8.32 Å². The maximum Gasteiger partial charge on any atom is 0.192 e. The molecule has 0 saturated heterocycles. The molecule has 1 atom stereocenters. The van der Waals surface area contributed by atoms with Crippen molar-refractivity contribution in [3.05, 3.63) is 53.3 Å². The molecule has 0 fully saturated rings. The molecule has 0 aliphatic carbocycles. The summed E-state index contributed by atoms with van der Waals surface area (Å²) >= 11 is 0. The summed E-state index contributed by atoms with van der Waals surface area (Å²) in [6.45, 7) is 20.8. The van der Waals surface area contributed by atoms with Gasteiger partial charge in [-0.15, -0.1) is 0 Å². The number of benzene rings is 2. The summed E-state index contributed by atoms with van der Waals surface area (Å²) in [5.41, 5.74) is 3.83. The second-order valence-corrected chi connectivity index (χ2v) is 15.7. The highest BCUT2D eigenvalue weighted by Crippen LogP contribution is 2.42. The summed E-state index contributed by atoms with van der Waals surface area (Å²) < 4.78 is 26.6. The van der Waals surface area contributed by atoms with E-state index in [1.54, 1.807) is 19.2 Å². The molecule has 2 nitrogen and oxygen atoms in total. The third-order valence-corrected chi connectivity index (χ3v) is 11.2. The van der Waals surface area contributed by atoms with Crippen LogP contribution in [-0.2, 0) is 11.0 Å². The molecule has 0 aromatic heterocycles. The maximum absolute atomic E-state index is 14.8. The summed E-state index contributed by atoms with van der Waals surface area (Å²) in [6, 6.07) is 11.2. The van der Waals surface area contributed by atoms with Crippen LogP contribution in [-0.4, -0.2) is 15.4 Å². The first-order valence-electron chi connectivity index (χ1n) is 10.8. The van der Waals surface area contributed by atoms with Gasteiger partial charge in [0.15, 0.2) is 8.32 Å². The second kappa shape index (κ2) is 8.84. The zero-order chi connectivity index (χ0) is 22.9. The molecule has 2 aromatic rings. The van der Waals surface area contributed by atoms with Crippen molar-refractivity contribution in [1.29, 1.82) is 0 Å². The van der Waals surface area contributed by atoms with Crippen molar-refractivity contribution in [3.8, 4) is 16.9 Å². The minimum Gasteiger partial charge on any atom is -0.497 e. The van der Waals surface area contributed by atoms with Crippen LogP contribution in [0, 0.1) is 11.2 Å². The summed E-state index contributed by atoms with van der Waals surface area (Å²) in [4.78, 5) is 0. The predicted octanol–water partition coefficient (Wildman–Crippen LogP) is 8.17. The van der Waals surface area contributed by atoms with Crippen LogP contribution in [0.25, 0.3) is 11.1 Å². The molecule has 1 unspecified atom stereocenters. The van der Waals surface area contributed by atoms with E-state index in [-0.39, 0.29) is 22.2 Å². The van der Waals surface area contributed by atoms with Gasteiger partial charge in [0.2, 0.25) is 0 Å². The fourth-order valence-corrected chi connectivity index (χ4v) is 4.05. The normalized spacial score (nSPS) is 14.0. The zero-order valence-electron chi connectivity index (χ0n) is 20.4. The van der Waals surface area contributed by atoms with Crippen LogP contribution in [0.15, 0.2) is 36.4 Å². The van der Waals surface area contributed by atoms with E-state index in [4.69, 9.17) is 9.16 Å². The lowest BCUT2D eigenvalue weighted by molar-refractivity contribution is 0.276. The van der Waals surface area contributed by atoms with Gasteiger partial charge >= 0.3 is 0 Å². The molecule has 30 heavy (non-hydrogen) atoms. The topological polar surface area (TPSA) is 18.5 Å². The molecule has 0 bridgehead atoms. The predicted molar refractivity (Wildman–Crippen MR) is 128 cm³/mol. The highest BCUT2D eigenvalue weighted by Gasteiger charge is 2.37. The van der Waals surface area contributed by atoms with Crippen molar-refractivity contribution in [2.45, 2.75) is 79.1 Å². The van der Waals surface area contributed by atoms with E-state index in [0.29, 0.717) is 17.9 Å². The van der Waals surface area contributed by atoms with E-state index in [0.717, 1.165) is 16.7 Å². The van der Waals surface area contributed by atoms with Gasteiger partial charge in [-0.3, -0.25) is 0 Å². The van der Waals surface area contributed by atoms with Crippen molar-refractivity contribution in [2.24, 2.45) is 5.41 Å². The largest absolute Gasteiger partial charge is 0.497 e. The van der Waals surface area contributed by atoms with Gasteiger partial charge < -0.3 is 9.16 Å². The van der Waals surface area contributed by atoms with Crippen LogP contribution in [0.3, 0.4) is 0 Å². The smallest absolute Gasteiger partial charge is 0.192 e. The third kappa shape index (κ3) is 5.53. The molecule has 0 heterocycles. The molecule has 0 N–H and O–H groups in total. The minimum absolute atomic E-state index is 0.0446. The van der Waals surface area contributed by atoms with Crippen molar-refractivity contribution in [2.75, 3.05) is 7.11 Å². The van der Waals surface area contributed by atoms with Gasteiger partial charge in [0, 0.05) is 5.56 Å². The first-order chi connectivity index (χ1) is 13.7. The van der Waals surface area contributed by atoms with Gasteiger partial charge in [-0.25, -0.2) is 4.39 Å². The quantitative estimate of drug-likeness (QED) is 0.430. The first kappa shape index (κ1) is 24.6. The Bertz CT molecular complexity index is 876. The summed E-state index contributed by atoms with van der Waals surface area (Å²) in [5, 5.41) is 0.165. The standard InChI is InChI=1S/C26H39FO2Si/c1-18(25(2,3)4)22-15-19(17-29-30(9,10)26(5,6)7)11-13-21(22)23-16-20(28-8)12-14-24(23)27/h11-16,18H,17H2,1-10H3. The number of halogens is 1. The number of methoxy groups -OCH3 is 1. The maximum atomic E-state index is 14.8. The Hall–Kier alpha value is -1.65. The Morgan fingerprint density at radius 2 is 1.57 bits per heavy atom. The molecule has 0 amide bonds. The van der Waals surface area contributed by atoms with Crippen molar-refractivity contribution in [1.82, 2.24) is 0 Å². The van der Waals surface area contributed by atoms with E-state index in [9.17, 15) is 4.39 Å². The number of ether oxygens (including phenoxy) is 1. The average molecular weight is 431 g/mol. The Morgan fingerprint density at radius 1 is 0.933 bits per heavy atom. The van der Waals surface area contributed by atoms with Gasteiger partial charge in [-0.05, 0) is 64.4 Å². The molecule has 4 heteroatoms. The van der Waals surface area contributed by atoms with E-state index in [1.807, 2.05) is 6.07 Å².